The van der Waals surface area contributed by atoms with E-state index in [-0.39, 0.29) is 5.91 Å². The van der Waals surface area contributed by atoms with E-state index < -0.39 is 5.72 Å². The van der Waals surface area contributed by atoms with Gasteiger partial charge in [-0.2, -0.15) is 0 Å². The molecule has 0 spiro atoms. The summed E-state index contributed by atoms with van der Waals surface area (Å²) in [5.74, 6) is -0.235. The molecule has 13 heavy (non-hydrogen) atoms. The fourth-order valence-electron chi connectivity index (χ4n) is 1.56. The topological polar surface area (TPSA) is 49.3 Å². The molecule has 0 saturated carbocycles. The lowest BCUT2D eigenvalue weighted by molar-refractivity contribution is 0.0296. The Labute approximate surface area is 83.9 Å². The van der Waals surface area contributed by atoms with Gasteiger partial charge in [-0.1, -0.05) is 22.0 Å². The standard InChI is InChI=1S/C9H8BrNO2/c1-9(13)7-5(8(12)11-9)3-2-4-6(7)10/h2-4,13H,1H3,(H,11,12). The van der Waals surface area contributed by atoms with Gasteiger partial charge >= 0.3 is 0 Å². The van der Waals surface area contributed by atoms with Crippen LogP contribution in [0.3, 0.4) is 0 Å². The summed E-state index contributed by atoms with van der Waals surface area (Å²) < 4.78 is 0.744. The molecule has 2 N–H and O–H groups in total. The zero-order valence-electron chi connectivity index (χ0n) is 6.97. The van der Waals surface area contributed by atoms with Crippen LogP contribution in [0.2, 0.25) is 0 Å². The van der Waals surface area contributed by atoms with Crippen molar-refractivity contribution in [3.63, 3.8) is 0 Å². The molecular formula is C9H8BrNO2. The van der Waals surface area contributed by atoms with Crippen molar-refractivity contribution in [2.45, 2.75) is 12.6 Å². The third kappa shape index (κ3) is 1.17. The number of carbonyl (C=O) groups excluding carboxylic acids is 1. The van der Waals surface area contributed by atoms with Gasteiger partial charge in [-0.05, 0) is 19.1 Å². The van der Waals surface area contributed by atoms with Crippen molar-refractivity contribution in [3.05, 3.63) is 33.8 Å². The molecule has 0 radical (unpaired) electrons. The van der Waals surface area contributed by atoms with Gasteiger partial charge in [0.2, 0.25) is 0 Å². The molecule has 1 aromatic carbocycles. The number of fused-ring (bicyclic) bond motifs is 1. The van der Waals surface area contributed by atoms with E-state index in [0.717, 1.165) is 4.47 Å². The number of rotatable bonds is 0. The Kier molecular flexibility index (Phi) is 1.72. The van der Waals surface area contributed by atoms with Crippen LogP contribution in [0.25, 0.3) is 0 Å². The Hall–Kier alpha value is -0.870. The molecule has 0 aromatic heterocycles. The van der Waals surface area contributed by atoms with E-state index in [1.54, 1.807) is 25.1 Å². The van der Waals surface area contributed by atoms with Gasteiger partial charge in [-0.15, -0.1) is 0 Å². The summed E-state index contributed by atoms with van der Waals surface area (Å²) in [6, 6.07) is 5.26. The van der Waals surface area contributed by atoms with Gasteiger partial charge in [-0.25, -0.2) is 0 Å². The van der Waals surface area contributed by atoms with E-state index >= 15 is 0 Å². The van der Waals surface area contributed by atoms with Gasteiger partial charge in [0.1, 0.15) is 0 Å². The van der Waals surface area contributed by atoms with Crippen LogP contribution in [0.5, 0.6) is 0 Å². The lowest BCUT2D eigenvalue weighted by Crippen LogP contribution is -2.35. The third-order valence-corrected chi connectivity index (χ3v) is 2.76. The molecule has 1 unspecified atom stereocenters. The van der Waals surface area contributed by atoms with Gasteiger partial charge in [0.15, 0.2) is 5.72 Å². The largest absolute Gasteiger partial charge is 0.367 e. The monoisotopic (exact) mass is 241 g/mol. The van der Waals surface area contributed by atoms with Gasteiger partial charge in [-0.3, -0.25) is 4.79 Å². The average molecular weight is 242 g/mol. The summed E-state index contributed by atoms with van der Waals surface area (Å²) >= 11 is 3.30. The maximum absolute atomic E-state index is 11.3. The van der Waals surface area contributed by atoms with Gasteiger partial charge < -0.3 is 10.4 Å². The highest BCUT2D eigenvalue weighted by Crippen LogP contribution is 2.34. The Morgan fingerprint density at radius 1 is 1.54 bits per heavy atom. The molecule has 1 atom stereocenters. The zero-order valence-corrected chi connectivity index (χ0v) is 8.55. The molecule has 1 aliphatic rings. The highest BCUT2D eigenvalue weighted by Gasteiger charge is 2.38. The van der Waals surface area contributed by atoms with Crippen molar-refractivity contribution in [3.8, 4) is 0 Å². The predicted molar refractivity (Wildman–Crippen MR) is 51.2 cm³/mol. The van der Waals surface area contributed by atoms with Crippen LogP contribution in [0.4, 0.5) is 0 Å². The minimum atomic E-state index is -1.26. The Morgan fingerprint density at radius 2 is 2.23 bits per heavy atom. The number of hydrogen-bond acceptors (Lipinski definition) is 2. The normalized spacial score (nSPS) is 25.6. The fourth-order valence-corrected chi connectivity index (χ4v) is 2.31. The SMILES string of the molecule is CC1(O)NC(=O)c2cccc(Br)c21. The molecule has 0 fully saturated rings. The van der Waals surface area contributed by atoms with E-state index in [0.29, 0.717) is 11.1 Å². The minimum Gasteiger partial charge on any atom is -0.367 e. The molecule has 1 amide bonds. The quantitative estimate of drug-likeness (QED) is 0.721. The van der Waals surface area contributed by atoms with Crippen LogP contribution in [0.15, 0.2) is 22.7 Å². The molecule has 0 aliphatic carbocycles. The first kappa shape index (κ1) is 8.72. The first-order valence-corrected chi connectivity index (χ1v) is 4.65. The van der Waals surface area contributed by atoms with Crippen LogP contribution in [-0.2, 0) is 5.72 Å². The second-order valence-electron chi connectivity index (χ2n) is 3.19. The number of benzene rings is 1. The van der Waals surface area contributed by atoms with Crippen LogP contribution >= 0.6 is 15.9 Å². The Bertz CT molecular complexity index is 387. The van der Waals surface area contributed by atoms with E-state index in [2.05, 4.69) is 21.2 Å². The van der Waals surface area contributed by atoms with Crippen molar-refractivity contribution < 1.29 is 9.90 Å². The van der Waals surface area contributed by atoms with E-state index in [1.165, 1.54) is 0 Å². The molecule has 0 bridgehead atoms. The zero-order chi connectivity index (χ0) is 9.64. The fraction of sp³-hybridized carbons (Fsp3) is 0.222. The summed E-state index contributed by atoms with van der Waals surface area (Å²) in [7, 11) is 0. The van der Waals surface area contributed by atoms with Crippen molar-refractivity contribution in [1.82, 2.24) is 5.32 Å². The first-order chi connectivity index (χ1) is 6.02. The molecule has 2 rings (SSSR count). The van der Waals surface area contributed by atoms with E-state index in [1.807, 2.05) is 0 Å². The van der Waals surface area contributed by atoms with Crippen molar-refractivity contribution >= 4 is 21.8 Å². The summed E-state index contributed by atoms with van der Waals surface area (Å²) in [6.45, 7) is 1.56. The maximum Gasteiger partial charge on any atom is 0.254 e. The van der Waals surface area contributed by atoms with Crippen molar-refractivity contribution in [1.29, 1.82) is 0 Å². The molecule has 3 nitrogen and oxygen atoms in total. The number of amides is 1. The lowest BCUT2D eigenvalue weighted by atomic mass is 10.0. The highest BCUT2D eigenvalue weighted by molar-refractivity contribution is 9.10. The average Bonchev–Trinajstić information content (AvgIpc) is 2.24. The highest BCUT2D eigenvalue weighted by atomic mass is 79.9. The first-order valence-electron chi connectivity index (χ1n) is 3.86. The predicted octanol–water partition coefficient (Wildman–Crippen LogP) is 1.36. The minimum absolute atomic E-state index is 0.235. The summed E-state index contributed by atoms with van der Waals surface area (Å²) in [5, 5.41) is 12.3. The number of nitrogens with one attached hydrogen (secondary N) is 1. The van der Waals surface area contributed by atoms with Gasteiger partial charge in [0.25, 0.3) is 5.91 Å². The maximum atomic E-state index is 11.3. The lowest BCUT2D eigenvalue weighted by Gasteiger charge is -2.18. The van der Waals surface area contributed by atoms with Crippen molar-refractivity contribution in [2.75, 3.05) is 0 Å². The van der Waals surface area contributed by atoms with Crippen LogP contribution in [0, 0.1) is 0 Å². The van der Waals surface area contributed by atoms with Gasteiger partial charge in [0, 0.05) is 15.6 Å². The van der Waals surface area contributed by atoms with Crippen molar-refractivity contribution in [2.24, 2.45) is 0 Å². The summed E-state index contributed by atoms with van der Waals surface area (Å²) in [5.41, 5.74) is -0.119. The van der Waals surface area contributed by atoms with Crippen LogP contribution in [0.1, 0.15) is 22.8 Å². The second kappa shape index (κ2) is 2.56. The van der Waals surface area contributed by atoms with E-state index in [9.17, 15) is 9.90 Å². The molecule has 1 aromatic rings. The Balaban J connectivity index is 2.73. The molecule has 0 saturated heterocycles. The number of hydrogen-bond donors (Lipinski definition) is 2. The molecular weight excluding hydrogens is 234 g/mol. The third-order valence-electron chi connectivity index (χ3n) is 2.10. The number of aliphatic hydroxyl groups is 1. The summed E-state index contributed by atoms with van der Waals surface area (Å²) in [6.07, 6.45) is 0. The molecule has 4 heteroatoms. The smallest absolute Gasteiger partial charge is 0.254 e. The van der Waals surface area contributed by atoms with E-state index in [4.69, 9.17) is 0 Å². The number of halogens is 1. The molecule has 1 aliphatic heterocycles. The molecule has 68 valence electrons. The second-order valence-corrected chi connectivity index (χ2v) is 4.04. The summed E-state index contributed by atoms with van der Waals surface area (Å²) in [4.78, 5) is 11.3. The Morgan fingerprint density at radius 3 is 2.85 bits per heavy atom. The van der Waals surface area contributed by atoms with Crippen LogP contribution in [-0.4, -0.2) is 11.0 Å². The number of carbonyl (C=O) groups is 1. The van der Waals surface area contributed by atoms with Crippen LogP contribution < -0.4 is 5.32 Å². The molecule has 1 heterocycles. The van der Waals surface area contributed by atoms with Gasteiger partial charge in [0.05, 0.1) is 0 Å².